The van der Waals surface area contributed by atoms with Crippen LogP contribution in [0.3, 0.4) is 0 Å². The maximum Gasteiger partial charge on any atom is 0.407 e. The fraction of sp³-hybridized carbons (Fsp3) is 0.857. The summed E-state index contributed by atoms with van der Waals surface area (Å²) in [7, 11) is 0. The van der Waals surface area contributed by atoms with Crippen LogP contribution in [0.1, 0.15) is 57.8 Å². The maximum atomic E-state index is 12.3. The van der Waals surface area contributed by atoms with Crippen LogP contribution < -0.4 is 39.3 Å². The van der Waals surface area contributed by atoms with Gasteiger partial charge in [0.15, 0.2) is 0 Å². The van der Waals surface area contributed by atoms with Gasteiger partial charge in [-0.3, -0.25) is 0 Å². The number of nitrogens with one attached hydrogen (secondary N) is 2. The van der Waals surface area contributed by atoms with Gasteiger partial charge in [0.1, 0.15) is 19.8 Å². The minimum Gasteiger partial charge on any atom is -0.448 e. The van der Waals surface area contributed by atoms with Crippen molar-refractivity contribution < 1.29 is 28.6 Å². The summed E-state index contributed by atoms with van der Waals surface area (Å²) in [5, 5.41) is 5.35. The molecule has 12 N–H and O–H groups in total. The van der Waals surface area contributed by atoms with Crippen molar-refractivity contribution >= 4 is 18.3 Å². The molecule has 200 valence electrons. The molecule has 13 nitrogen and oxygen atoms in total. The summed E-state index contributed by atoms with van der Waals surface area (Å²) in [5.41, 5.74) is 27.4. The molecule has 34 heavy (non-hydrogen) atoms. The Bertz CT molecular complexity index is 556. The fourth-order valence-corrected chi connectivity index (χ4v) is 3.06. The van der Waals surface area contributed by atoms with Gasteiger partial charge in [-0.1, -0.05) is 19.3 Å². The highest BCUT2D eigenvalue weighted by molar-refractivity contribution is 5.69. The fourth-order valence-electron chi connectivity index (χ4n) is 3.06. The Kier molecular flexibility index (Phi) is 19.7. The second-order valence-corrected chi connectivity index (χ2v) is 8.12. The summed E-state index contributed by atoms with van der Waals surface area (Å²) in [5.74, 6) is 0. The van der Waals surface area contributed by atoms with Crippen LogP contribution in [0.25, 0.3) is 0 Å². The molecule has 0 heterocycles. The molecule has 13 heteroatoms. The van der Waals surface area contributed by atoms with Gasteiger partial charge in [0, 0.05) is 6.04 Å². The molecule has 0 saturated carbocycles. The highest BCUT2D eigenvalue weighted by atomic mass is 16.6. The van der Waals surface area contributed by atoms with Crippen molar-refractivity contribution in [1.82, 2.24) is 10.6 Å². The number of alkyl carbamates (subject to hydrolysis) is 2. The molecule has 3 atom stereocenters. The molecule has 0 aromatic carbocycles. The second kappa shape index (κ2) is 21.2. The summed E-state index contributed by atoms with van der Waals surface area (Å²) >= 11 is 0. The highest BCUT2D eigenvalue weighted by Gasteiger charge is 2.19. The Labute approximate surface area is 202 Å². The van der Waals surface area contributed by atoms with Crippen molar-refractivity contribution in [3.05, 3.63) is 0 Å². The first-order chi connectivity index (χ1) is 16.3. The van der Waals surface area contributed by atoms with Gasteiger partial charge in [-0.15, -0.1) is 0 Å². The molecular weight excluding hydrogens is 446 g/mol. The summed E-state index contributed by atoms with van der Waals surface area (Å²) < 4.78 is 15.3. The topological polar surface area (TPSA) is 233 Å². The lowest BCUT2D eigenvalue weighted by atomic mass is 10.1. The molecule has 0 bridgehead atoms. The summed E-state index contributed by atoms with van der Waals surface area (Å²) in [6.45, 7) is 1.56. The zero-order chi connectivity index (χ0) is 25.6. The van der Waals surface area contributed by atoms with Crippen molar-refractivity contribution in [2.45, 2.75) is 75.9 Å². The second-order valence-electron chi connectivity index (χ2n) is 8.12. The predicted octanol–water partition coefficient (Wildman–Crippen LogP) is -0.0144. The van der Waals surface area contributed by atoms with Crippen LogP contribution in [-0.2, 0) is 14.2 Å². The van der Waals surface area contributed by atoms with Crippen molar-refractivity contribution in [2.75, 3.05) is 39.5 Å². The van der Waals surface area contributed by atoms with Crippen LogP contribution in [0.2, 0.25) is 0 Å². The standard InChI is InChI=1S/C21H45N7O6/c22-10-4-1-7-16(25)13-33-20(30)28-18(9-3-6-12-24)15-34-21(31)27-17(8-2-5-11-23)14-32-19(26)29/h16-18H,1-15,22-25H2,(H2,26,29)(H,27,31)(H,28,30)/t16-,17+,18-/m1/s1. The maximum absolute atomic E-state index is 12.3. The minimum atomic E-state index is -0.930. The number of carbonyl (C=O) groups excluding carboxylic acids is 3. The van der Waals surface area contributed by atoms with Crippen LogP contribution in [0.4, 0.5) is 14.4 Å². The first kappa shape index (κ1) is 31.6. The molecule has 0 aliphatic heterocycles. The van der Waals surface area contributed by atoms with Gasteiger partial charge in [-0.05, 0) is 58.2 Å². The average Bonchev–Trinajstić information content (AvgIpc) is 2.79. The van der Waals surface area contributed by atoms with Gasteiger partial charge in [-0.25, -0.2) is 14.4 Å². The molecule has 0 radical (unpaired) electrons. The number of hydrogen-bond donors (Lipinski definition) is 7. The van der Waals surface area contributed by atoms with E-state index in [2.05, 4.69) is 10.6 Å². The van der Waals surface area contributed by atoms with E-state index >= 15 is 0 Å². The van der Waals surface area contributed by atoms with Crippen LogP contribution >= 0.6 is 0 Å². The molecular formula is C21H45N7O6. The molecule has 3 amide bonds. The lowest BCUT2D eigenvalue weighted by Crippen LogP contribution is -2.44. The van der Waals surface area contributed by atoms with Gasteiger partial charge >= 0.3 is 18.3 Å². The molecule has 0 aromatic heterocycles. The number of rotatable bonds is 20. The third kappa shape index (κ3) is 19.1. The number of nitrogens with two attached hydrogens (primary N) is 5. The highest BCUT2D eigenvalue weighted by Crippen LogP contribution is 2.05. The third-order valence-electron chi connectivity index (χ3n) is 4.96. The van der Waals surface area contributed by atoms with E-state index in [0.717, 1.165) is 38.5 Å². The minimum absolute atomic E-state index is 0.0692. The van der Waals surface area contributed by atoms with E-state index in [9.17, 15) is 14.4 Å². The number of carbonyl (C=O) groups is 3. The molecule has 0 saturated heterocycles. The normalized spacial score (nSPS) is 13.4. The molecule has 0 aliphatic rings. The third-order valence-corrected chi connectivity index (χ3v) is 4.96. The number of primary amides is 1. The zero-order valence-electron chi connectivity index (χ0n) is 20.2. The Morgan fingerprint density at radius 1 is 0.618 bits per heavy atom. The molecule has 0 fully saturated rings. The van der Waals surface area contributed by atoms with E-state index in [4.69, 9.17) is 42.9 Å². The number of hydrogen-bond acceptors (Lipinski definition) is 10. The number of ether oxygens (including phenoxy) is 3. The average molecular weight is 492 g/mol. The van der Waals surface area contributed by atoms with Crippen LogP contribution in [-0.4, -0.2) is 75.9 Å². The van der Waals surface area contributed by atoms with Crippen molar-refractivity contribution in [3.8, 4) is 0 Å². The summed E-state index contributed by atoms with van der Waals surface area (Å²) in [6, 6.07) is -1.20. The summed E-state index contributed by atoms with van der Waals surface area (Å²) in [6.07, 6.45) is 4.25. The SMILES string of the molecule is NCCCC[C@@H](N)COC(=O)N[C@H](CCCCN)COC(=O)N[C@@H](CCCCN)COC(N)=O. The first-order valence-electron chi connectivity index (χ1n) is 12.0. The lowest BCUT2D eigenvalue weighted by molar-refractivity contribution is 0.104. The smallest absolute Gasteiger partial charge is 0.407 e. The van der Waals surface area contributed by atoms with Gasteiger partial charge in [0.25, 0.3) is 0 Å². The Morgan fingerprint density at radius 3 is 1.47 bits per heavy atom. The number of amides is 3. The Balaban J connectivity index is 4.61. The van der Waals surface area contributed by atoms with Gasteiger partial charge in [0.05, 0.1) is 12.1 Å². The zero-order valence-corrected chi connectivity index (χ0v) is 20.2. The van der Waals surface area contributed by atoms with E-state index in [1.165, 1.54) is 0 Å². The molecule has 0 aliphatic carbocycles. The van der Waals surface area contributed by atoms with E-state index < -0.39 is 30.4 Å². The molecule has 0 spiro atoms. The van der Waals surface area contributed by atoms with Crippen LogP contribution in [0.15, 0.2) is 0 Å². The van der Waals surface area contributed by atoms with Gasteiger partial charge < -0.3 is 53.5 Å². The monoisotopic (exact) mass is 491 g/mol. The van der Waals surface area contributed by atoms with Gasteiger partial charge in [0.2, 0.25) is 0 Å². The van der Waals surface area contributed by atoms with E-state index in [0.29, 0.717) is 38.9 Å². The van der Waals surface area contributed by atoms with Crippen molar-refractivity contribution in [1.29, 1.82) is 0 Å². The van der Waals surface area contributed by atoms with Crippen molar-refractivity contribution in [3.63, 3.8) is 0 Å². The van der Waals surface area contributed by atoms with Crippen LogP contribution in [0.5, 0.6) is 0 Å². The van der Waals surface area contributed by atoms with E-state index in [-0.39, 0.29) is 25.9 Å². The molecule has 0 aromatic rings. The Hall–Kier alpha value is -2.35. The molecule has 0 rings (SSSR count). The largest absolute Gasteiger partial charge is 0.448 e. The van der Waals surface area contributed by atoms with Crippen LogP contribution in [0, 0.1) is 0 Å². The van der Waals surface area contributed by atoms with Crippen molar-refractivity contribution in [2.24, 2.45) is 28.7 Å². The lowest BCUT2D eigenvalue weighted by Gasteiger charge is -2.21. The first-order valence-corrected chi connectivity index (χ1v) is 12.0. The van der Waals surface area contributed by atoms with E-state index in [1.807, 2.05) is 0 Å². The quantitative estimate of drug-likeness (QED) is 0.0888. The van der Waals surface area contributed by atoms with E-state index in [1.54, 1.807) is 0 Å². The number of unbranched alkanes of at least 4 members (excludes halogenated alkanes) is 3. The summed E-state index contributed by atoms with van der Waals surface area (Å²) in [4.78, 5) is 35.3. The molecule has 0 unspecified atom stereocenters. The Morgan fingerprint density at radius 2 is 1.03 bits per heavy atom. The van der Waals surface area contributed by atoms with Gasteiger partial charge in [-0.2, -0.15) is 0 Å². The predicted molar refractivity (Wildman–Crippen MR) is 129 cm³/mol.